The zero-order valence-corrected chi connectivity index (χ0v) is 27.1. The summed E-state index contributed by atoms with van der Waals surface area (Å²) in [5.41, 5.74) is 10.4. The number of aromatic nitrogens is 4. The van der Waals surface area contributed by atoms with Gasteiger partial charge in [-0.05, 0) is 109 Å². The number of hydrogen-bond donors (Lipinski definition) is 0. The molecule has 4 aromatic carbocycles. The van der Waals surface area contributed by atoms with Gasteiger partial charge in [0.05, 0.1) is 16.7 Å². The smallest absolute Gasteiger partial charge is 0.148 e. The van der Waals surface area contributed by atoms with Crippen molar-refractivity contribution in [2.24, 2.45) is 0 Å². The Bertz CT molecular complexity index is 2460. The van der Waals surface area contributed by atoms with E-state index in [9.17, 15) is 0 Å². The zero-order chi connectivity index (χ0) is 31.6. The highest BCUT2D eigenvalue weighted by Gasteiger charge is 2.23. The molecule has 0 radical (unpaired) electrons. The maximum Gasteiger partial charge on any atom is 0.148 e. The molecule has 2 aliphatic rings. The molecule has 4 heteroatoms. The first kappa shape index (κ1) is 27.9. The topological polar surface area (TPSA) is 35.6 Å². The van der Waals surface area contributed by atoms with E-state index >= 15 is 0 Å². The lowest BCUT2D eigenvalue weighted by atomic mass is 9.96. The Balaban J connectivity index is 1.24. The highest BCUT2D eigenvalue weighted by Crippen LogP contribution is 2.41. The number of nitrogens with zero attached hydrogens (tertiary/aromatic N) is 4. The summed E-state index contributed by atoms with van der Waals surface area (Å²) in [6.45, 7) is 0. The van der Waals surface area contributed by atoms with Gasteiger partial charge in [-0.15, -0.1) is 0 Å². The fourth-order valence-corrected chi connectivity index (χ4v) is 8.80. The monoisotopic (exact) mass is 622 g/mol. The summed E-state index contributed by atoms with van der Waals surface area (Å²) in [5, 5.41) is 4.91. The van der Waals surface area contributed by atoms with Gasteiger partial charge in [0.2, 0.25) is 0 Å². The molecule has 8 aromatic rings. The van der Waals surface area contributed by atoms with Gasteiger partial charge >= 0.3 is 0 Å². The number of rotatable bonds is 5. The van der Waals surface area contributed by atoms with Crippen molar-refractivity contribution in [3.05, 3.63) is 132 Å². The Morgan fingerprint density at radius 2 is 1.00 bits per heavy atom. The molecule has 10 rings (SSSR count). The number of pyridine rings is 2. The Morgan fingerprint density at radius 3 is 1.62 bits per heavy atom. The number of fused-ring (bicyclic) bond motifs is 6. The average molecular weight is 623 g/mol. The summed E-state index contributed by atoms with van der Waals surface area (Å²) >= 11 is 0. The van der Waals surface area contributed by atoms with E-state index in [0.717, 1.165) is 39.6 Å². The van der Waals surface area contributed by atoms with Crippen LogP contribution >= 0.6 is 0 Å². The van der Waals surface area contributed by atoms with E-state index in [2.05, 4.69) is 130 Å². The molecule has 0 saturated heterocycles. The van der Waals surface area contributed by atoms with E-state index < -0.39 is 0 Å². The molecular weight excluding hydrogens is 585 g/mol. The van der Waals surface area contributed by atoms with Gasteiger partial charge in [0, 0.05) is 32.8 Å². The second-order valence-electron chi connectivity index (χ2n) is 14.0. The lowest BCUT2D eigenvalue weighted by Gasteiger charge is -2.12. The molecule has 2 fully saturated rings. The molecule has 0 spiro atoms. The van der Waals surface area contributed by atoms with Crippen molar-refractivity contribution in [1.82, 2.24) is 19.1 Å². The molecule has 0 atom stereocenters. The fraction of sp³-hybridized carbons (Fsp3) is 0.227. The Labute approximate surface area is 280 Å². The van der Waals surface area contributed by atoms with Crippen LogP contribution in [0.3, 0.4) is 0 Å². The van der Waals surface area contributed by atoms with Gasteiger partial charge in [-0.25, -0.2) is 9.97 Å². The van der Waals surface area contributed by atoms with Crippen molar-refractivity contribution in [2.45, 2.75) is 63.2 Å². The van der Waals surface area contributed by atoms with Crippen LogP contribution in [0.1, 0.15) is 74.3 Å². The van der Waals surface area contributed by atoms with Crippen LogP contribution in [0.15, 0.2) is 121 Å². The molecular formula is C44H38N4. The fourth-order valence-electron chi connectivity index (χ4n) is 8.80. The van der Waals surface area contributed by atoms with Crippen molar-refractivity contribution < 1.29 is 0 Å². The first-order valence-electron chi connectivity index (χ1n) is 17.8. The van der Waals surface area contributed by atoms with Crippen LogP contribution in [0, 0.1) is 0 Å². The molecule has 4 nitrogen and oxygen atoms in total. The molecule has 0 unspecified atom stereocenters. The highest BCUT2D eigenvalue weighted by atomic mass is 15.1. The third-order valence-corrected chi connectivity index (χ3v) is 11.2. The predicted octanol–water partition coefficient (Wildman–Crippen LogP) is 11.7. The van der Waals surface area contributed by atoms with Crippen LogP contribution in [0.5, 0.6) is 0 Å². The minimum Gasteiger partial charge on any atom is -0.294 e. The summed E-state index contributed by atoms with van der Waals surface area (Å²) in [4.78, 5) is 10.9. The summed E-state index contributed by atoms with van der Waals surface area (Å²) in [6.07, 6.45) is 10.5. The van der Waals surface area contributed by atoms with E-state index in [1.165, 1.54) is 89.6 Å². The lowest BCUT2D eigenvalue weighted by molar-refractivity contribution is 0.724. The minimum absolute atomic E-state index is 0.648. The molecule has 4 aromatic heterocycles. The summed E-state index contributed by atoms with van der Waals surface area (Å²) in [6, 6.07) is 44.4. The van der Waals surface area contributed by atoms with Crippen molar-refractivity contribution in [3.63, 3.8) is 0 Å². The van der Waals surface area contributed by atoms with Gasteiger partial charge in [0.25, 0.3) is 0 Å². The van der Waals surface area contributed by atoms with Crippen LogP contribution < -0.4 is 0 Å². The molecule has 0 N–H and O–H groups in total. The van der Waals surface area contributed by atoms with Crippen LogP contribution in [0.4, 0.5) is 0 Å². The SMILES string of the molecule is c1ccc(-c2ccc3c4cc(C5CCCC5)ccc4n(-c4ccc5c6cc(C7CCCC7)ccc6n(-c6ccccc6)c5n4)c3n2)cc1. The molecule has 48 heavy (non-hydrogen) atoms. The second kappa shape index (κ2) is 11.2. The summed E-state index contributed by atoms with van der Waals surface area (Å²) < 4.78 is 4.65. The maximum atomic E-state index is 5.55. The number of benzene rings is 4. The largest absolute Gasteiger partial charge is 0.294 e. The van der Waals surface area contributed by atoms with E-state index in [0.29, 0.717) is 11.8 Å². The Hall–Kier alpha value is -5.22. The molecule has 0 bridgehead atoms. The van der Waals surface area contributed by atoms with Crippen LogP contribution in [0.2, 0.25) is 0 Å². The van der Waals surface area contributed by atoms with E-state index in [1.54, 1.807) is 0 Å². The molecule has 0 amide bonds. The van der Waals surface area contributed by atoms with Crippen LogP contribution in [-0.4, -0.2) is 19.1 Å². The van der Waals surface area contributed by atoms with Crippen molar-refractivity contribution in [1.29, 1.82) is 0 Å². The molecule has 4 heterocycles. The van der Waals surface area contributed by atoms with Gasteiger partial charge in [-0.3, -0.25) is 9.13 Å². The highest BCUT2D eigenvalue weighted by molar-refractivity contribution is 6.10. The van der Waals surface area contributed by atoms with Crippen molar-refractivity contribution in [3.8, 4) is 22.8 Å². The standard InChI is InChI=1S/C44H38N4/c1-3-15-31(16-4-1)39-23-21-35-38-28-33(30-13-9-10-14-30)20-25-41(38)48(43(35)45-39)42-26-22-36-37-27-32(29-11-7-8-12-29)19-24-40(37)47(44(36)46-42)34-17-5-2-6-18-34/h1-6,15-30H,7-14H2. The normalized spacial score (nSPS) is 15.9. The van der Waals surface area contributed by atoms with Crippen LogP contribution in [0.25, 0.3) is 66.6 Å². The first-order valence-corrected chi connectivity index (χ1v) is 17.8. The van der Waals surface area contributed by atoms with E-state index in [-0.39, 0.29) is 0 Å². The predicted molar refractivity (Wildman–Crippen MR) is 199 cm³/mol. The molecule has 2 aliphatic carbocycles. The quantitative estimate of drug-likeness (QED) is 0.191. The zero-order valence-electron chi connectivity index (χ0n) is 27.1. The van der Waals surface area contributed by atoms with Gasteiger partial charge in [-0.1, -0.05) is 86.3 Å². The van der Waals surface area contributed by atoms with Gasteiger partial charge < -0.3 is 0 Å². The first-order chi connectivity index (χ1) is 23.8. The Morgan fingerprint density at radius 1 is 0.458 bits per heavy atom. The molecule has 234 valence electrons. The average Bonchev–Trinajstić information content (AvgIpc) is 3.97. The maximum absolute atomic E-state index is 5.55. The van der Waals surface area contributed by atoms with Gasteiger partial charge in [0.15, 0.2) is 0 Å². The van der Waals surface area contributed by atoms with Crippen LogP contribution in [-0.2, 0) is 0 Å². The lowest BCUT2D eigenvalue weighted by Crippen LogP contribution is -2.02. The van der Waals surface area contributed by atoms with Gasteiger partial charge in [-0.2, -0.15) is 0 Å². The van der Waals surface area contributed by atoms with Crippen molar-refractivity contribution in [2.75, 3.05) is 0 Å². The van der Waals surface area contributed by atoms with Crippen molar-refractivity contribution >= 4 is 43.9 Å². The summed E-state index contributed by atoms with van der Waals surface area (Å²) in [7, 11) is 0. The van der Waals surface area contributed by atoms with E-state index in [1.807, 2.05) is 0 Å². The third kappa shape index (κ3) is 4.42. The Kier molecular flexibility index (Phi) is 6.50. The molecule has 0 aliphatic heterocycles. The third-order valence-electron chi connectivity index (χ3n) is 11.2. The minimum atomic E-state index is 0.648. The van der Waals surface area contributed by atoms with Gasteiger partial charge in [0.1, 0.15) is 17.1 Å². The second-order valence-corrected chi connectivity index (χ2v) is 14.0. The number of para-hydroxylation sites is 1. The summed E-state index contributed by atoms with van der Waals surface area (Å²) in [5.74, 6) is 2.20. The number of hydrogen-bond acceptors (Lipinski definition) is 2. The molecule has 2 saturated carbocycles. The van der Waals surface area contributed by atoms with E-state index in [4.69, 9.17) is 9.97 Å².